The maximum absolute atomic E-state index is 12.0. The Balaban J connectivity index is 0.000000179. The second-order valence-electron chi connectivity index (χ2n) is 6.69. The summed E-state index contributed by atoms with van der Waals surface area (Å²) in [6.07, 6.45) is 7.29. The summed E-state index contributed by atoms with van der Waals surface area (Å²) in [5, 5.41) is 25.2. The van der Waals surface area contributed by atoms with Crippen LogP contribution in [0.15, 0.2) is 36.7 Å². The average molecular weight is 333 g/mol. The zero-order valence-corrected chi connectivity index (χ0v) is 13.6. The van der Waals surface area contributed by atoms with Gasteiger partial charge in [-0.15, -0.1) is 0 Å². The molecule has 1 aliphatic carbocycles. The van der Waals surface area contributed by atoms with E-state index in [1.165, 1.54) is 56.6 Å². The highest BCUT2D eigenvalue weighted by atomic mass is 19.1. The van der Waals surface area contributed by atoms with E-state index < -0.39 is 6.10 Å². The van der Waals surface area contributed by atoms with Crippen molar-refractivity contribution < 1.29 is 14.6 Å². The third-order valence-electron chi connectivity index (χ3n) is 4.96. The molecule has 24 heavy (non-hydrogen) atoms. The molecule has 4 rings (SSSR count). The number of hydrogen-bond donors (Lipinski definition) is 3. The summed E-state index contributed by atoms with van der Waals surface area (Å²) in [4.78, 5) is 2.41. The number of aliphatic hydroxyl groups is 1. The van der Waals surface area contributed by atoms with Gasteiger partial charge in [0.1, 0.15) is 11.6 Å². The zero-order valence-electron chi connectivity index (χ0n) is 13.6. The summed E-state index contributed by atoms with van der Waals surface area (Å²) in [6, 6.07) is 5.01. The molecule has 3 atom stereocenters. The molecular formula is C18H24FN3O2. The lowest BCUT2D eigenvalue weighted by Gasteiger charge is -2.19. The highest BCUT2D eigenvalue weighted by molar-refractivity contribution is 5.19. The molecule has 0 radical (unpaired) electrons. The average Bonchev–Trinajstić information content (AvgIpc) is 3.27. The number of nitrogens with zero attached hydrogens (tertiary/aromatic N) is 2. The van der Waals surface area contributed by atoms with Crippen molar-refractivity contribution in [2.45, 2.75) is 25.4 Å². The molecular weight excluding hydrogens is 309 g/mol. The lowest BCUT2D eigenvalue weighted by atomic mass is 10.0. The standard InChI is InChI=1S/C12H19N3O.C6H5FO/c16-12(11-4-13-14-5-11)8-15-6-9-2-1-3-10(9)7-15;7-5-1-3-6(8)4-2-5/h4-5,9-10,12,16H,1-3,6-8H2,(H,13,14);1-4,8H/t9-,10+,12?;. The Morgan fingerprint density at radius 3 is 2.42 bits per heavy atom. The number of rotatable bonds is 3. The van der Waals surface area contributed by atoms with Gasteiger partial charge >= 0.3 is 0 Å². The summed E-state index contributed by atoms with van der Waals surface area (Å²) in [5.74, 6) is 1.56. The van der Waals surface area contributed by atoms with Gasteiger partial charge in [-0.2, -0.15) is 5.10 Å². The van der Waals surface area contributed by atoms with Crippen molar-refractivity contribution in [2.24, 2.45) is 11.8 Å². The van der Waals surface area contributed by atoms with Gasteiger partial charge in [0.25, 0.3) is 0 Å². The van der Waals surface area contributed by atoms with Crippen molar-refractivity contribution in [3.05, 3.63) is 48.0 Å². The Kier molecular flexibility index (Phi) is 5.48. The number of nitrogens with one attached hydrogen (secondary N) is 1. The predicted molar refractivity (Wildman–Crippen MR) is 88.9 cm³/mol. The normalized spacial score (nSPS) is 24.2. The van der Waals surface area contributed by atoms with Gasteiger partial charge in [0.2, 0.25) is 0 Å². The lowest BCUT2D eigenvalue weighted by Crippen LogP contribution is -2.27. The number of benzene rings is 1. The maximum Gasteiger partial charge on any atom is 0.123 e. The van der Waals surface area contributed by atoms with Crippen LogP contribution in [0.25, 0.3) is 0 Å². The Hall–Kier alpha value is -1.92. The summed E-state index contributed by atoms with van der Waals surface area (Å²) < 4.78 is 12.0. The molecule has 0 amide bonds. The molecule has 1 aromatic carbocycles. The SMILES string of the molecule is OC(CN1C[C@H]2CCC[C@H]2C1)c1cn[nH]c1.Oc1ccc(F)cc1. The van der Waals surface area contributed by atoms with Crippen molar-refractivity contribution in [1.29, 1.82) is 0 Å². The predicted octanol–water partition coefficient (Wildman–Crippen LogP) is 2.71. The Labute approximate surface area is 141 Å². The molecule has 2 fully saturated rings. The van der Waals surface area contributed by atoms with E-state index >= 15 is 0 Å². The fraction of sp³-hybridized carbons (Fsp3) is 0.500. The van der Waals surface area contributed by atoms with Crippen LogP contribution in [0.2, 0.25) is 0 Å². The van der Waals surface area contributed by atoms with E-state index in [4.69, 9.17) is 5.11 Å². The first kappa shape index (κ1) is 16.9. The van der Waals surface area contributed by atoms with Gasteiger partial charge in [-0.1, -0.05) is 6.42 Å². The van der Waals surface area contributed by atoms with Crippen LogP contribution in [0.3, 0.4) is 0 Å². The van der Waals surface area contributed by atoms with E-state index in [0.29, 0.717) is 0 Å². The van der Waals surface area contributed by atoms with Crippen LogP contribution in [-0.2, 0) is 0 Å². The number of aromatic hydroxyl groups is 1. The van der Waals surface area contributed by atoms with Crippen molar-refractivity contribution in [1.82, 2.24) is 15.1 Å². The van der Waals surface area contributed by atoms with Crippen molar-refractivity contribution in [3.63, 3.8) is 0 Å². The molecule has 1 unspecified atom stereocenters. The molecule has 1 saturated heterocycles. The molecule has 6 heteroatoms. The monoisotopic (exact) mass is 333 g/mol. The Morgan fingerprint density at radius 1 is 1.21 bits per heavy atom. The summed E-state index contributed by atoms with van der Waals surface area (Å²) in [6.45, 7) is 3.12. The highest BCUT2D eigenvalue weighted by Crippen LogP contribution is 2.38. The molecule has 0 bridgehead atoms. The third kappa shape index (κ3) is 4.33. The molecule has 5 nitrogen and oxygen atoms in total. The fourth-order valence-corrected chi connectivity index (χ4v) is 3.72. The first-order valence-electron chi connectivity index (χ1n) is 8.45. The number of β-amino-alcohol motifs (C(OH)–C–C–N with tert-alkyl or cyclic N) is 1. The van der Waals surface area contributed by atoms with Crippen LogP contribution in [0.1, 0.15) is 30.9 Å². The summed E-state index contributed by atoms with van der Waals surface area (Å²) >= 11 is 0. The molecule has 130 valence electrons. The highest BCUT2D eigenvalue weighted by Gasteiger charge is 2.36. The number of H-pyrrole nitrogens is 1. The van der Waals surface area contributed by atoms with Crippen LogP contribution >= 0.6 is 0 Å². The zero-order chi connectivity index (χ0) is 16.9. The van der Waals surface area contributed by atoms with E-state index in [0.717, 1.165) is 23.9 Å². The quantitative estimate of drug-likeness (QED) is 0.807. The van der Waals surface area contributed by atoms with Crippen LogP contribution in [-0.4, -0.2) is 44.9 Å². The number of halogens is 1. The summed E-state index contributed by atoms with van der Waals surface area (Å²) in [7, 11) is 0. The van der Waals surface area contributed by atoms with Gasteiger partial charge in [-0.3, -0.25) is 10.00 Å². The minimum Gasteiger partial charge on any atom is -0.508 e. The Morgan fingerprint density at radius 2 is 1.88 bits per heavy atom. The number of phenols is 1. The number of aromatic nitrogens is 2. The van der Waals surface area contributed by atoms with E-state index in [9.17, 15) is 9.50 Å². The lowest BCUT2D eigenvalue weighted by molar-refractivity contribution is 0.122. The van der Waals surface area contributed by atoms with E-state index in [-0.39, 0.29) is 11.6 Å². The minimum absolute atomic E-state index is 0.0893. The van der Waals surface area contributed by atoms with Crippen molar-refractivity contribution >= 4 is 0 Å². The molecule has 1 aromatic heterocycles. The van der Waals surface area contributed by atoms with Gasteiger partial charge in [-0.05, 0) is 48.9 Å². The smallest absolute Gasteiger partial charge is 0.123 e. The molecule has 3 N–H and O–H groups in total. The first-order chi connectivity index (χ1) is 11.6. The van der Waals surface area contributed by atoms with E-state index in [1.807, 2.05) is 0 Å². The number of hydrogen-bond acceptors (Lipinski definition) is 4. The molecule has 2 aromatic rings. The third-order valence-corrected chi connectivity index (χ3v) is 4.96. The minimum atomic E-state index is -0.391. The fourth-order valence-electron chi connectivity index (χ4n) is 3.72. The molecule has 1 saturated carbocycles. The van der Waals surface area contributed by atoms with Crippen LogP contribution in [0.5, 0.6) is 5.75 Å². The largest absolute Gasteiger partial charge is 0.508 e. The van der Waals surface area contributed by atoms with Gasteiger partial charge in [0, 0.05) is 31.4 Å². The maximum atomic E-state index is 12.0. The van der Waals surface area contributed by atoms with Crippen LogP contribution in [0, 0.1) is 17.7 Å². The number of aromatic amines is 1. The van der Waals surface area contributed by atoms with Gasteiger partial charge in [0.05, 0.1) is 12.3 Å². The van der Waals surface area contributed by atoms with Gasteiger partial charge < -0.3 is 10.2 Å². The van der Waals surface area contributed by atoms with Crippen molar-refractivity contribution in [3.8, 4) is 5.75 Å². The molecule has 0 spiro atoms. The number of phenolic OH excluding ortho intramolecular Hbond substituents is 1. The topological polar surface area (TPSA) is 72.4 Å². The number of aliphatic hydroxyl groups excluding tert-OH is 1. The molecule has 1 aliphatic heterocycles. The number of fused-ring (bicyclic) bond motifs is 1. The molecule has 2 heterocycles. The van der Waals surface area contributed by atoms with Crippen LogP contribution in [0.4, 0.5) is 4.39 Å². The summed E-state index contributed by atoms with van der Waals surface area (Å²) in [5.41, 5.74) is 0.900. The van der Waals surface area contributed by atoms with Crippen LogP contribution < -0.4 is 0 Å². The first-order valence-corrected chi connectivity index (χ1v) is 8.45. The van der Waals surface area contributed by atoms with Gasteiger partial charge in [-0.25, -0.2) is 4.39 Å². The van der Waals surface area contributed by atoms with Crippen molar-refractivity contribution in [2.75, 3.05) is 19.6 Å². The van der Waals surface area contributed by atoms with Gasteiger partial charge in [0.15, 0.2) is 0 Å². The molecule has 2 aliphatic rings. The number of likely N-dealkylation sites (tertiary alicyclic amines) is 1. The second-order valence-corrected chi connectivity index (χ2v) is 6.69. The van der Waals surface area contributed by atoms with E-state index in [1.54, 1.807) is 12.4 Å². The van der Waals surface area contributed by atoms with E-state index in [2.05, 4.69) is 15.1 Å². The second kappa shape index (κ2) is 7.77. The Bertz CT molecular complexity index is 585.